The average Bonchev–Trinajstić information content (AvgIpc) is 2.68. The van der Waals surface area contributed by atoms with Crippen LogP contribution in [0.15, 0.2) is 6.33 Å². The van der Waals surface area contributed by atoms with Crippen LogP contribution in [-0.4, -0.2) is 20.3 Å². The molecule has 0 radical (unpaired) electrons. The van der Waals surface area contributed by atoms with Crippen molar-refractivity contribution in [1.29, 1.82) is 0 Å². The van der Waals surface area contributed by atoms with Gasteiger partial charge >= 0.3 is 0 Å². The smallest absolute Gasteiger partial charge is 0.138 e. The highest BCUT2D eigenvalue weighted by molar-refractivity contribution is 4.99. The summed E-state index contributed by atoms with van der Waals surface area (Å²) in [5.74, 6) is 1.91. The third-order valence-corrected chi connectivity index (χ3v) is 4.11. The summed E-state index contributed by atoms with van der Waals surface area (Å²) in [5.41, 5.74) is 6.45. The van der Waals surface area contributed by atoms with Crippen LogP contribution >= 0.6 is 0 Å². The van der Waals surface area contributed by atoms with Gasteiger partial charge in [0.15, 0.2) is 0 Å². The molecule has 0 aromatic carbocycles. The highest BCUT2D eigenvalue weighted by Gasteiger charge is 2.32. The molecule has 1 aliphatic rings. The van der Waals surface area contributed by atoms with Gasteiger partial charge in [0.2, 0.25) is 0 Å². The first-order valence-corrected chi connectivity index (χ1v) is 6.75. The molecule has 1 fully saturated rings. The first-order valence-electron chi connectivity index (χ1n) is 6.75. The van der Waals surface area contributed by atoms with Crippen molar-refractivity contribution in [1.82, 2.24) is 14.8 Å². The van der Waals surface area contributed by atoms with Crippen molar-refractivity contribution < 1.29 is 0 Å². The van der Waals surface area contributed by atoms with Crippen LogP contribution < -0.4 is 5.73 Å². The van der Waals surface area contributed by atoms with Crippen molar-refractivity contribution in [3.8, 4) is 0 Å². The molecule has 2 rings (SSSR count). The number of nitrogens with two attached hydrogens (primary N) is 1. The first kappa shape index (κ1) is 12.6. The van der Waals surface area contributed by atoms with Gasteiger partial charge in [0.1, 0.15) is 12.2 Å². The maximum absolute atomic E-state index is 6.50. The molecule has 0 amide bonds. The van der Waals surface area contributed by atoms with Gasteiger partial charge in [-0.05, 0) is 31.6 Å². The predicted molar refractivity (Wildman–Crippen MR) is 68.5 cm³/mol. The third kappa shape index (κ3) is 3.06. The van der Waals surface area contributed by atoms with Gasteiger partial charge in [-0.1, -0.05) is 19.8 Å². The molecule has 1 aromatic rings. The average molecular weight is 236 g/mol. The number of hydrogen-bond donors (Lipinski definition) is 1. The molecule has 0 spiro atoms. The number of aromatic nitrogens is 3. The maximum Gasteiger partial charge on any atom is 0.138 e. The molecule has 0 unspecified atom stereocenters. The monoisotopic (exact) mass is 236 g/mol. The molecule has 0 saturated heterocycles. The number of nitrogens with zero attached hydrogens (tertiary/aromatic N) is 3. The molecule has 1 aromatic heterocycles. The van der Waals surface area contributed by atoms with Crippen LogP contribution in [-0.2, 0) is 13.5 Å². The van der Waals surface area contributed by atoms with E-state index in [1.165, 1.54) is 25.7 Å². The quantitative estimate of drug-likeness (QED) is 0.870. The Labute approximate surface area is 104 Å². The Balaban J connectivity index is 1.91. The fraction of sp³-hybridized carbons (Fsp3) is 0.846. The van der Waals surface area contributed by atoms with Crippen LogP contribution in [0, 0.1) is 5.92 Å². The number of hydrogen-bond acceptors (Lipinski definition) is 3. The van der Waals surface area contributed by atoms with Gasteiger partial charge < -0.3 is 5.73 Å². The Morgan fingerprint density at radius 2 is 2.18 bits per heavy atom. The van der Waals surface area contributed by atoms with Gasteiger partial charge in [0.25, 0.3) is 0 Å². The van der Waals surface area contributed by atoms with Crippen LogP contribution in [0.5, 0.6) is 0 Å². The fourth-order valence-corrected chi connectivity index (χ4v) is 2.92. The van der Waals surface area contributed by atoms with Crippen molar-refractivity contribution in [2.24, 2.45) is 18.7 Å². The SMILES string of the molecule is CCCC1CCC(N)(Cc2ncnn2C)CC1. The van der Waals surface area contributed by atoms with E-state index in [0.717, 1.165) is 31.0 Å². The molecule has 4 heteroatoms. The lowest BCUT2D eigenvalue weighted by atomic mass is 9.74. The van der Waals surface area contributed by atoms with Gasteiger partial charge in [-0.3, -0.25) is 4.68 Å². The van der Waals surface area contributed by atoms with Crippen LogP contribution in [0.25, 0.3) is 0 Å². The molecular formula is C13H24N4. The summed E-state index contributed by atoms with van der Waals surface area (Å²) in [6.07, 6.45) is 9.95. The predicted octanol–water partition coefficient (Wildman–Crippen LogP) is 2.05. The maximum atomic E-state index is 6.50. The zero-order valence-electron chi connectivity index (χ0n) is 11.0. The number of aryl methyl sites for hydroxylation is 1. The van der Waals surface area contributed by atoms with Gasteiger partial charge in [0.05, 0.1) is 0 Å². The standard InChI is InChI=1S/C13H24N4/c1-3-4-11-5-7-13(14,8-6-11)9-12-15-10-16-17(12)2/h10-11H,3-9,14H2,1-2H3. The van der Waals surface area contributed by atoms with Crippen molar-refractivity contribution in [2.75, 3.05) is 0 Å². The molecule has 1 saturated carbocycles. The summed E-state index contributed by atoms with van der Waals surface area (Å²) < 4.78 is 1.84. The van der Waals surface area contributed by atoms with E-state index in [0.29, 0.717) is 0 Å². The van der Waals surface area contributed by atoms with E-state index < -0.39 is 0 Å². The Morgan fingerprint density at radius 1 is 1.47 bits per heavy atom. The lowest BCUT2D eigenvalue weighted by Crippen LogP contribution is -2.45. The summed E-state index contributed by atoms with van der Waals surface area (Å²) in [5, 5.41) is 4.11. The van der Waals surface area contributed by atoms with Crippen LogP contribution in [0.1, 0.15) is 51.3 Å². The second-order valence-corrected chi connectivity index (χ2v) is 5.57. The van der Waals surface area contributed by atoms with Gasteiger partial charge in [-0.25, -0.2) is 4.98 Å². The summed E-state index contributed by atoms with van der Waals surface area (Å²) in [7, 11) is 1.94. The minimum atomic E-state index is -0.0506. The molecule has 1 heterocycles. The van der Waals surface area contributed by atoms with Gasteiger partial charge in [-0.15, -0.1) is 0 Å². The summed E-state index contributed by atoms with van der Waals surface area (Å²) in [6.45, 7) is 2.27. The zero-order valence-corrected chi connectivity index (χ0v) is 11.0. The molecule has 1 aliphatic carbocycles. The Hall–Kier alpha value is -0.900. The van der Waals surface area contributed by atoms with Crippen molar-refractivity contribution in [3.05, 3.63) is 12.2 Å². The third-order valence-electron chi connectivity index (χ3n) is 4.11. The molecule has 2 N–H and O–H groups in total. The van der Waals surface area contributed by atoms with Gasteiger partial charge in [-0.2, -0.15) is 5.10 Å². The molecule has 17 heavy (non-hydrogen) atoms. The van der Waals surface area contributed by atoms with Crippen LogP contribution in [0.2, 0.25) is 0 Å². The Bertz CT molecular complexity index is 350. The molecule has 96 valence electrons. The van der Waals surface area contributed by atoms with E-state index in [1.807, 2.05) is 11.7 Å². The van der Waals surface area contributed by atoms with Gasteiger partial charge in [0, 0.05) is 19.0 Å². The lowest BCUT2D eigenvalue weighted by Gasteiger charge is -2.37. The van der Waals surface area contributed by atoms with E-state index in [-0.39, 0.29) is 5.54 Å². The first-order chi connectivity index (χ1) is 8.13. The zero-order chi connectivity index (χ0) is 12.3. The van der Waals surface area contributed by atoms with E-state index in [1.54, 1.807) is 6.33 Å². The summed E-state index contributed by atoms with van der Waals surface area (Å²) >= 11 is 0. The highest BCUT2D eigenvalue weighted by Crippen LogP contribution is 2.34. The summed E-state index contributed by atoms with van der Waals surface area (Å²) in [6, 6.07) is 0. The lowest BCUT2D eigenvalue weighted by molar-refractivity contribution is 0.219. The molecule has 4 nitrogen and oxygen atoms in total. The van der Waals surface area contributed by atoms with E-state index in [2.05, 4.69) is 17.0 Å². The molecular weight excluding hydrogens is 212 g/mol. The second kappa shape index (κ2) is 5.17. The van der Waals surface area contributed by atoms with Crippen LogP contribution in [0.4, 0.5) is 0 Å². The van der Waals surface area contributed by atoms with Crippen LogP contribution in [0.3, 0.4) is 0 Å². The largest absolute Gasteiger partial charge is 0.325 e. The number of rotatable bonds is 4. The molecule has 0 bridgehead atoms. The van der Waals surface area contributed by atoms with E-state index >= 15 is 0 Å². The highest BCUT2D eigenvalue weighted by atomic mass is 15.3. The Morgan fingerprint density at radius 3 is 2.71 bits per heavy atom. The van der Waals surface area contributed by atoms with Crippen molar-refractivity contribution >= 4 is 0 Å². The molecule has 0 aliphatic heterocycles. The normalized spacial score (nSPS) is 29.5. The minimum Gasteiger partial charge on any atom is -0.325 e. The van der Waals surface area contributed by atoms with Crippen molar-refractivity contribution in [2.45, 2.75) is 57.4 Å². The fourth-order valence-electron chi connectivity index (χ4n) is 2.92. The van der Waals surface area contributed by atoms with E-state index in [4.69, 9.17) is 5.73 Å². The topological polar surface area (TPSA) is 56.7 Å². The van der Waals surface area contributed by atoms with Crippen molar-refractivity contribution in [3.63, 3.8) is 0 Å². The molecule has 0 atom stereocenters. The Kier molecular flexibility index (Phi) is 3.82. The summed E-state index contributed by atoms with van der Waals surface area (Å²) in [4.78, 5) is 4.28. The second-order valence-electron chi connectivity index (χ2n) is 5.57. The minimum absolute atomic E-state index is 0.0506. The van der Waals surface area contributed by atoms with E-state index in [9.17, 15) is 0 Å².